The summed E-state index contributed by atoms with van der Waals surface area (Å²) < 4.78 is 29.5. The first-order chi connectivity index (χ1) is 14.7. The van der Waals surface area contributed by atoms with Gasteiger partial charge in [-0.25, -0.2) is 0 Å². The van der Waals surface area contributed by atoms with Crippen molar-refractivity contribution in [2.24, 2.45) is 0 Å². The average Bonchev–Trinajstić information content (AvgIpc) is 2.71. The summed E-state index contributed by atoms with van der Waals surface area (Å²) in [5, 5.41) is 24.0. The Hall–Kier alpha value is -2.72. The van der Waals surface area contributed by atoms with Gasteiger partial charge in [0.05, 0.1) is 29.1 Å². The van der Waals surface area contributed by atoms with Gasteiger partial charge in [0.1, 0.15) is 11.4 Å². The zero-order valence-electron chi connectivity index (χ0n) is 17.1. The minimum Gasteiger partial charge on any atom is -0.435 e. The number of anilines is 1. The molecule has 1 unspecified atom stereocenters. The van der Waals surface area contributed by atoms with Gasteiger partial charge >= 0.3 is 6.61 Å². The zero-order valence-corrected chi connectivity index (χ0v) is 17.9. The van der Waals surface area contributed by atoms with Crippen LogP contribution < -0.4 is 15.4 Å². The van der Waals surface area contributed by atoms with Crippen molar-refractivity contribution in [3.8, 4) is 5.75 Å². The third-order valence-electron chi connectivity index (χ3n) is 4.67. The molecule has 1 atom stereocenters. The molecule has 1 aliphatic heterocycles. The molecule has 0 radical (unpaired) electrons. The molecule has 1 aromatic carbocycles. The van der Waals surface area contributed by atoms with Crippen molar-refractivity contribution in [2.75, 3.05) is 23.4 Å². The van der Waals surface area contributed by atoms with E-state index >= 15 is 0 Å². The number of nitrogens with one attached hydrogen (secondary N) is 3. The number of rotatable bonds is 9. The second-order valence-corrected chi connectivity index (χ2v) is 8.62. The predicted molar refractivity (Wildman–Crippen MR) is 117 cm³/mol. The van der Waals surface area contributed by atoms with Crippen LogP contribution >= 0.6 is 11.8 Å². The fraction of sp³-hybridized carbons (Fsp3) is 0.381. The van der Waals surface area contributed by atoms with Gasteiger partial charge in [0.25, 0.3) is 5.91 Å². The van der Waals surface area contributed by atoms with E-state index in [0.29, 0.717) is 16.8 Å². The van der Waals surface area contributed by atoms with Gasteiger partial charge in [-0.05, 0) is 32.0 Å². The minimum absolute atomic E-state index is 0.0401. The van der Waals surface area contributed by atoms with Crippen LogP contribution in [0.3, 0.4) is 0 Å². The molecular formula is C21H24F2N4O3S. The van der Waals surface area contributed by atoms with E-state index in [0.717, 1.165) is 11.5 Å². The molecule has 1 saturated heterocycles. The van der Waals surface area contributed by atoms with Crippen molar-refractivity contribution in [1.29, 1.82) is 5.41 Å². The molecule has 31 heavy (non-hydrogen) atoms. The van der Waals surface area contributed by atoms with E-state index in [4.69, 9.17) is 5.41 Å². The molecule has 1 fully saturated rings. The molecule has 1 aliphatic rings. The van der Waals surface area contributed by atoms with Gasteiger partial charge in [-0.15, -0.1) is 0 Å². The van der Waals surface area contributed by atoms with Crippen LogP contribution in [-0.4, -0.2) is 58.0 Å². The molecule has 7 nitrogen and oxygen atoms in total. The largest absolute Gasteiger partial charge is 0.435 e. The summed E-state index contributed by atoms with van der Waals surface area (Å²) in [4.78, 5) is 17.0. The van der Waals surface area contributed by atoms with Crippen molar-refractivity contribution in [3.63, 3.8) is 0 Å². The highest BCUT2D eigenvalue weighted by Crippen LogP contribution is 2.29. The number of aromatic nitrogens is 1. The molecule has 1 amide bonds. The van der Waals surface area contributed by atoms with Gasteiger partial charge in [-0.3, -0.25) is 15.2 Å². The first-order valence-electron chi connectivity index (χ1n) is 9.62. The van der Waals surface area contributed by atoms with Crippen molar-refractivity contribution >= 4 is 29.1 Å². The average molecular weight is 451 g/mol. The van der Waals surface area contributed by atoms with Crippen LogP contribution in [0.1, 0.15) is 35.5 Å². The third-order valence-corrected chi connectivity index (χ3v) is 6.35. The van der Waals surface area contributed by atoms with Gasteiger partial charge < -0.3 is 20.5 Å². The monoisotopic (exact) mass is 450 g/mol. The lowest BCUT2D eigenvalue weighted by Crippen LogP contribution is -2.55. The highest BCUT2D eigenvalue weighted by Gasteiger charge is 2.34. The van der Waals surface area contributed by atoms with Gasteiger partial charge in [0.15, 0.2) is 0 Å². The molecule has 3 rings (SSSR count). The molecule has 4 N–H and O–H groups in total. The number of halogens is 2. The summed E-state index contributed by atoms with van der Waals surface area (Å²) in [5.74, 6) is 1.32. The van der Waals surface area contributed by atoms with Crippen LogP contribution in [-0.2, 0) is 0 Å². The van der Waals surface area contributed by atoms with E-state index in [2.05, 4.69) is 20.4 Å². The molecular weight excluding hydrogens is 426 g/mol. The van der Waals surface area contributed by atoms with Gasteiger partial charge in [0.2, 0.25) is 0 Å². The maximum atomic E-state index is 12.7. The Morgan fingerprint density at radius 2 is 2.10 bits per heavy atom. The molecule has 0 aliphatic carbocycles. The number of pyridine rings is 1. The van der Waals surface area contributed by atoms with Crippen LogP contribution in [0.5, 0.6) is 5.75 Å². The van der Waals surface area contributed by atoms with Crippen molar-refractivity contribution in [3.05, 3.63) is 53.3 Å². The summed E-state index contributed by atoms with van der Waals surface area (Å²) in [5.41, 5.74) is 0.939. The van der Waals surface area contributed by atoms with E-state index < -0.39 is 6.61 Å². The summed E-state index contributed by atoms with van der Waals surface area (Å²) in [6.45, 7) is 0.569. The fourth-order valence-electron chi connectivity index (χ4n) is 3.00. The summed E-state index contributed by atoms with van der Waals surface area (Å²) >= 11 is 1.75. The number of hydrogen-bond acceptors (Lipinski definition) is 7. The summed E-state index contributed by atoms with van der Waals surface area (Å²) in [6, 6.07) is 7.00. The van der Waals surface area contributed by atoms with E-state index in [1.54, 1.807) is 30.8 Å². The molecule has 0 bridgehead atoms. The van der Waals surface area contributed by atoms with E-state index in [1.165, 1.54) is 24.4 Å². The van der Waals surface area contributed by atoms with Crippen LogP contribution in [0.25, 0.3) is 0 Å². The number of carbonyl (C=O) groups excluding carboxylic acids is 1. The Kier molecular flexibility index (Phi) is 7.11. The van der Waals surface area contributed by atoms with Gasteiger partial charge in [-0.2, -0.15) is 20.5 Å². The lowest BCUT2D eigenvalue weighted by atomic mass is 10.0. The second-order valence-electron chi connectivity index (χ2n) is 7.64. The van der Waals surface area contributed by atoms with Crippen LogP contribution in [0.15, 0.2) is 36.5 Å². The number of hydrogen-bond donors (Lipinski definition) is 4. The summed E-state index contributed by atoms with van der Waals surface area (Å²) in [7, 11) is 0. The number of aliphatic hydroxyl groups excluding tert-OH is 1. The number of nitrogens with zero attached hydrogens (tertiary/aromatic N) is 1. The zero-order chi connectivity index (χ0) is 22.6. The molecule has 2 heterocycles. The molecule has 166 valence electrons. The Labute approximate surface area is 183 Å². The topological polar surface area (TPSA) is 107 Å². The predicted octanol–water partition coefficient (Wildman–Crippen LogP) is 3.13. The van der Waals surface area contributed by atoms with Crippen LogP contribution in [0.4, 0.5) is 14.5 Å². The fourth-order valence-corrected chi connectivity index (χ4v) is 3.96. The number of benzene rings is 1. The van der Waals surface area contributed by atoms with Crippen LogP contribution in [0, 0.1) is 5.41 Å². The first-order valence-corrected chi connectivity index (χ1v) is 10.8. The number of ether oxygens (including phenoxy) is 1. The highest BCUT2D eigenvalue weighted by molar-refractivity contribution is 8.00. The molecule has 1 aromatic heterocycles. The number of amides is 1. The van der Waals surface area contributed by atoms with E-state index in [-0.39, 0.29) is 41.2 Å². The van der Waals surface area contributed by atoms with E-state index in [1.807, 2.05) is 6.92 Å². The normalized spacial score (nSPS) is 15.7. The van der Waals surface area contributed by atoms with Crippen molar-refractivity contribution in [1.82, 2.24) is 10.3 Å². The lowest BCUT2D eigenvalue weighted by molar-refractivity contribution is -0.0498. The Morgan fingerprint density at radius 3 is 2.71 bits per heavy atom. The lowest BCUT2D eigenvalue weighted by Gasteiger charge is -2.38. The Balaban J connectivity index is 1.91. The maximum absolute atomic E-state index is 12.7. The van der Waals surface area contributed by atoms with Crippen molar-refractivity contribution < 1.29 is 23.4 Å². The van der Waals surface area contributed by atoms with E-state index in [9.17, 15) is 18.7 Å². The van der Waals surface area contributed by atoms with Crippen LogP contribution in [0.2, 0.25) is 0 Å². The standard InChI is InChI=1S/C21H24F2N4O3S/c1-12(9-28)26-16-7-14(19(29)27-21(2)10-31-11-21)8-25-18(16)17(24)13-4-3-5-15(6-13)30-20(22)23/h3-8,12,20,24,26,28H,9-11H2,1-2H3,(H,27,29). The summed E-state index contributed by atoms with van der Waals surface area (Å²) in [6.07, 6.45) is 1.38. The second kappa shape index (κ2) is 9.61. The number of aliphatic hydroxyl groups is 1. The van der Waals surface area contributed by atoms with Gasteiger partial charge in [0, 0.05) is 29.3 Å². The quantitative estimate of drug-likeness (QED) is 0.438. The minimum atomic E-state index is -2.97. The van der Waals surface area contributed by atoms with Gasteiger partial charge in [-0.1, -0.05) is 12.1 Å². The smallest absolute Gasteiger partial charge is 0.387 e. The number of thioether (sulfide) groups is 1. The molecule has 0 spiro atoms. The Bertz CT molecular complexity index is 969. The number of carbonyl (C=O) groups is 1. The number of alkyl halides is 2. The SMILES string of the molecule is CC(CO)Nc1cc(C(=O)NC2(C)CSC2)cnc1C(=N)c1cccc(OC(F)F)c1. The third kappa shape index (κ3) is 5.71. The Morgan fingerprint density at radius 1 is 1.35 bits per heavy atom. The van der Waals surface area contributed by atoms with Crippen molar-refractivity contribution in [2.45, 2.75) is 32.0 Å². The molecule has 2 aromatic rings. The maximum Gasteiger partial charge on any atom is 0.387 e. The first kappa shape index (κ1) is 23.0. The molecule has 10 heteroatoms. The highest BCUT2D eigenvalue weighted by atomic mass is 32.2. The molecule has 0 saturated carbocycles.